The second-order valence-corrected chi connectivity index (χ2v) is 7.65. The number of hydrogen-bond acceptors (Lipinski definition) is 5. The smallest absolute Gasteiger partial charge is 0.307 e. The molecule has 128 valence electrons. The highest BCUT2D eigenvalue weighted by atomic mass is 32.1. The van der Waals surface area contributed by atoms with Crippen LogP contribution in [-0.2, 0) is 11.3 Å². The van der Waals surface area contributed by atoms with Crippen molar-refractivity contribution in [2.75, 3.05) is 39.3 Å². The number of carbonyl (C=O) groups excluding carboxylic acids is 1. The zero-order chi connectivity index (χ0) is 16.4. The van der Waals surface area contributed by atoms with Gasteiger partial charge in [-0.25, -0.2) is 0 Å². The fraction of sp³-hybridized carbons (Fsp3) is 0.750. The van der Waals surface area contributed by atoms with Crippen molar-refractivity contribution in [1.29, 1.82) is 0 Å². The molecule has 3 heterocycles. The summed E-state index contributed by atoms with van der Waals surface area (Å²) in [5, 5.41) is 3.37. The van der Waals surface area contributed by atoms with Crippen LogP contribution in [0.5, 0.6) is 0 Å². The number of hydrogen-bond donors (Lipinski definition) is 1. The fourth-order valence-electron chi connectivity index (χ4n) is 3.53. The summed E-state index contributed by atoms with van der Waals surface area (Å²) < 4.78 is 1.74. The van der Waals surface area contributed by atoms with E-state index in [4.69, 9.17) is 0 Å². The van der Waals surface area contributed by atoms with Crippen molar-refractivity contribution in [1.82, 2.24) is 19.7 Å². The van der Waals surface area contributed by atoms with Gasteiger partial charge in [0.15, 0.2) is 0 Å². The van der Waals surface area contributed by atoms with Crippen LogP contribution in [0.1, 0.15) is 23.4 Å². The van der Waals surface area contributed by atoms with Gasteiger partial charge in [0.1, 0.15) is 0 Å². The Morgan fingerprint density at radius 1 is 1.26 bits per heavy atom. The lowest BCUT2D eigenvalue weighted by molar-refractivity contribution is -0.130. The first-order valence-corrected chi connectivity index (χ1v) is 9.27. The molecule has 1 unspecified atom stereocenters. The molecule has 2 aliphatic heterocycles. The number of likely N-dealkylation sites (tertiary alicyclic amines) is 1. The third-order valence-corrected chi connectivity index (χ3v) is 6.11. The summed E-state index contributed by atoms with van der Waals surface area (Å²) in [5.74, 6) is 0.179. The molecule has 0 saturated carbocycles. The van der Waals surface area contributed by atoms with Crippen molar-refractivity contribution in [3.05, 3.63) is 20.2 Å². The Bertz CT molecular complexity index is 618. The van der Waals surface area contributed by atoms with Crippen LogP contribution in [0.3, 0.4) is 0 Å². The molecule has 23 heavy (non-hydrogen) atoms. The summed E-state index contributed by atoms with van der Waals surface area (Å²) in [7, 11) is 0. The van der Waals surface area contributed by atoms with E-state index in [1.807, 2.05) is 18.7 Å². The molecule has 1 amide bonds. The third kappa shape index (κ3) is 3.67. The number of piperazine rings is 1. The average molecular weight is 338 g/mol. The van der Waals surface area contributed by atoms with Crippen molar-refractivity contribution < 1.29 is 4.79 Å². The lowest BCUT2D eigenvalue weighted by Gasteiger charge is -2.32. The van der Waals surface area contributed by atoms with Gasteiger partial charge in [-0.05, 0) is 20.3 Å². The zero-order valence-electron chi connectivity index (χ0n) is 14.0. The largest absolute Gasteiger partial charge is 0.341 e. The van der Waals surface area contributed by atoms with Crippen molar-refractivity contribution >= 4 is 17.2 Å². The predicted molar refractivity (Wildman–Crippen MR) is 92.1 cm³/mol. The van der Waals surface area contributed by atoms with E-state index in [0.29, 0.717) is 19.0 Å². The number of aryl methyl sites for hydroxylation is 1. The summed E-state index contributed by atoms with van der Waals surface area (Å²) in [5.41, 5.74) is 0.993. The zero-order valence-corrected chi connectivity index (χ0v) is 14.8. The Morgan fingerprint density at radius 2 is 2.00 bits per heavy atom. The molecule has 1 aromatic heterocycles. The maximum Gasteiger partial charge on any atom is 0.307 e. The Hall–Kier alpha value is -1.18. The summed E-state index contributed by atoms with van der Waals surface area (Å²) in [6.07, 6.45) is 1.49. The van der Waals surface area contributed by atoms with Crippen LogP contribution in [0.25, 0.3) is 0 Å². The molecule has 3 rings (SSSR count). The van der Waals surface area contributed by atoms with Crippen LogP contribution >= 0.6 is 11.3 Å². The van der Waals surface area contributed by atoms with Gasteiger partial charge in [-0.15, -0.1) is 0 Å². The maximum atomic E-state index is 12.5. The number of carbonyl (C=O) groups is 1. The van der Waals surface area contributed by atoms with Crippen molar-refractivity contribution in [2.45, 2.75) is 39.3 Å². The number of nitrogens with one attached hydrogen (secondary N) is 1. The molecule has 2 aliphatic rings. The molecule has 2 saturated heterocycles. The first-order valence-electron chi connectivity index (χ1n) is 8.45. The molecule has 1 aromatic rings. The van der Waals surface area contributed by atoms with Gasteiger partial charge in [0, 0.05) is 68.8 Å². The molecule has 0 aliphatic carbocycles. The lowest BCUT2D eigenvalue weighted by Crippen LogP contribution is -2.49. The van der Waals surface area contributed by atoms with Crippen LogP contribution < -0.4 is 10.2 Å². The molecular weight excluding hydrogens is 312 g/mol. The van der Waals surface area contributed by atoms with E-state index in [1.54, 1.807) is 4.57 Å². The highest BCUT2D eigenvalue weighted by Crippen LogP contribution is 2.17. The van der Waals surface area contributed by atoms with Gasteiger partial charge in [-0.1, -0.05) is 11.3 Å². The molecule has 0 bridgehead atoms. The van der Waals surface area contributed by atoms with E-state index in [-0.39, 0.29) is 10.8 Å². The third-order valence-electron chi connectivity index (χ3n) is 5.11. The summed E-state index contributed by atoms with van der Waals surface area (Å²) in [6, 6.07) is 0.508. The van der Waals surface area contributed by atoms with Gasteiger partial charge in [0.25, 0.3) is 0 Å². The van der Waals surface area contributed by atoms with Crippen molar-refractivity contribution in [3.8, 4) is 0 Å². The normalized spacial score (nSPS) is 22.7. The summed E-state index contributed by atoms with van der Waals surface area (Å²) >= 11 is 1.27. The molecule has 6 nitrogen and oxygen atoms in total. The first kappa shape index (κ1) is 16.7. The predicted octanol–water partition coefficient (Wildman–Crippen LogP) is 0.423. The minimum absolute atomic E-state index is 0.0490. The van der Waals surface area contributed by atoms with Crippen molar-refractivity contribution in [2.24, 2.45) is 0 Å². The Kier molecular flexibility index (Phi) is 5.18. The fourth-order valence-corrected chi connectivity index (χ4v) is 4.38. The summed E-state index contributed by atoms with van der Waals surface area (Å²) in [4.78, 5) is 29.9. The van der Waals surface area contributed by atoms with Crippen LogP contribution in [-0.4, -0.2) is 65.6 Å². The molecule has 0 aromatic carbocycles. The second-order valence-electron chi connectivity index (χ2n) is 6.48. The second kappa shape index (κ2) is 7.15. The van der Waals surface area contributed by atoms with Crippen molar-refractivity contribution in [3.63, 3.8) is 0 Å². The molecule has 2 fully saturated rings. The van der Waals surface area contributed by atoms with Gasteiger partial charge in [-0.2, -0.15) is 0 Å². The van der Waals surface area contributed by atoms with E-state index < -0.39 is 0 Å². The van der Waals surface area contributed by atoms with E-state index >= 15 is 0 Å². The van der Waals surface area contributed by atoms with Gasteiger partial charge < -0.3 is 14.8 Å². The molecule has 7 heteroatoms. The van der Waals surface area contributed by atoms with Crippen LogP contribution in [0.15, 0.2) is 4.79 Å². The minimum Gasteiger partial charge on any atom is -0.341 e. The molecule has 1 atom stereocenters. The quantitative estimate of drug-likeness (QED) is 0.865. The highest BCUT2D eigenvalue weighted by molar-refractivity contribution is 7.09. The van der Waals surface area contributed by atoms with Crippen LogP contribution in [0, 0.1) is 13.8 Å². The van der Waals surface area contributed by atoms with Gasteiger partial charge in [0.2, 0.25) is 5.91 Å². The number of amides is 1. The molecular formula is C16H26N4O2S. The summed E-state index contributed by atoms with van der Waals surface area (Å²) in [6.45, 7) is 10.4. The topological polar surface area (TPSA) is 57.6 Å². The van der Waals surface area contributed by atoms with Gasteiger partial charge in [0.05, 0.1) is 0 Å². The number of nitrogens with zero attached hydrogens (tertiary/aromatic N) is 3. The van der Waals surface area contributed by atoms with E-state index in [0.717, 1.165) is 56.3 Å². The number of rotatable bonds is 4. The maximum absolute atomic E-state index is 12.5. The standard InChI is InChI=1S/C16H26N4O2S/c1-12-13(2)23-16(22)20(12)8-4-15(21)19-7-3-14(11-19)18-9-5-17-6-10-18/h14,17H,3-11H2,1-2H3. The SMILES string of the molecule is Cc1sc(=O)n(CCC(=O)N2CCC(N3CCNCC3)C2)c1C. The minimum atomic E-state index is 0.0490. The molecule has 0 spiro atoms. The van der Waals surface area contributed by atoms with E-state index in [9.17, 15) is 9.59 Å². The highest BCUT2D eigenvalue weighted by Gasteiger charge is 2.30. The molecule has 1 N–H and O–H groups in total. The Balaban J connectivity index is 1.52. The first-order chi connectivity index (χ1) is 11.1. The van der Waals surface area contributed by atoms with E-state index in [2.05, 4.69) is 10.2 Å². The Morgan fingerprint density at radius 3 is 2.65 bits per heavy atom. The van der Waals surface area contributed by atoms with Crippen LogP contribution in [0.2, 0.25) is 0 Å². The average Bonchev–Trinajstić information content (AvgIpc) is 3.13. The van der Waals surface area contributed by atoms with Gasteiger partial charge >= 0.3 is 4.87 Å². The Labute approximate surface area is 141 Å². The van der Waals surface area contributed by atoms with Crippen LogP contribution in [0.4, 0.5) is 0 Å². The number of thiazole rings is 1. The number of aromatic nitrogens is 1. The molecule has 0 radical (unpaired) electrons. The van der Waals surface area contributed by atoms with Gasteiger partial charge in [-0.3, -0.25) is 14.5 Å². The monoisotopic (exact) mass is 338 g/mol. The lowest BCUT2D eigenvalue weighted by atomic mass is 10.2. The van der Waals surface area contributed by atoms with E-state index in [1.165, 1.54) is 11.3 Å².